The van der Waals surface area contributed by atoms with Crippen LogP contribution in [0, 0.1) is 13.8 Å². The first kappa shape index (κ1) is 20.3. The van der Waals surface area contributed by atoms with Gasteiger partial charge >= 0.3 is 0 Å². The fourth-order valence-corrected chi connectivity index (χ4v) is 4.39. The van der Waals surface area contributed by atoms with Gasteiger partial charge in [-0.25, -0.2) is 4.98 Å². The van der Waals surface area contributed by atoms with Crippen LogP contribution in [0.5, 0.6) is 5.75 Å². The van der Waals surface area contributed by atoms with E-state index in [-0.39, 0.29) is 5.91 Å². The zero-order valence-electron chi connectivity index (χ0n) is 16.8. The van der Waals surface area contributed by atoms with Gasteiger partial charge < -0.3 is 4.74 Å². The van der Waals surface area contributed by atoms with Crippen LogP contribution in [0.15, 0.2) is 54.9 Å². The highest BCUT2D eigenvalue weighted by Crippen LogP contribution is 2.34. The van der Waals surface area contributed by atoms with Crippen molar-refractivity contribution in [2.45, 2.75) is 20.4 Å². The zero-order chi connectivity index (χ0) is 21.3. The maximum Gasteiger partial charge on any atom is 0.264 e. The Balaban J connectivity index is 1.83. The molecule has 0 spiro atoms. The molecule has 0 saturated carbocycles. The monoisotopic (exact) mass is 437 g/mol. The van der Waals surface area contributed by atoms with E-state index in [4.69, 9.17) is 21.3 Å². The van der Waals surface area contributed by atoms with Crippen LogP contribution >= 0.6 is 22.9 Å². The lowest BCUT2D eigenvalue weighted by molar-refractivity contribution is 0.0982. The van der Waals surface area contributed by atoms with Crippen molar-refractivity contribution in [2.24, 2.45) is 0 Å². The van der Waals surface area contributed by atoms with E-state index < -0.39 is 0 Å². The highest BCUT2D eigenvalue weighted by atomic mass is 35.5. The molecule has 0 unspecified atom stereocenters. The lowest BCUT2D eigenvalue weighted by Crippen LogP contribution is -2.30. The highest BCUT2D eigenvalue weighted by Gasteiger charge is 2.25. The Morgan fingerprint density at radius 3 is 2.70 bits per heavy atom. The minimum atomic E-state index is -0.231. The average molecular weight is 438 g/mol. The number of carbonyl (C=O) groups is 1. The highest BCUT2D eigenvalue weighted by molar-refractivity contribution is 7.22. The number of methoxy groups -OCH3 is 1. The van der Waals surface area contributed by atoms with Crippen molar-refractivity contribution in [3.05, 3.63) is 82.1 Å². The van der Waals surface area contributed by atoms with Crippen molar-refractivity contribution in [3.63, 3.8) is 0 Å². The number of nitrogens with zero attached hydrogens (tertiary/aromatic N) is 3. The molecule has 0 bridgehead atoms. The molecule has 5 nitrogen and oxygen atoms in total. The molecule has 0 radical (unpaired) electrons. The molecule has 4 rings (SSSR count). The van der Waals surface area contributed by atoms with Crippen molar-refractivity contribution < 1.29 is 9.53 Å². The lowest BCUT2D eigenvalue weighted by atomic mass is 10.1. The van der Waals surface area contributed by atoms with Crippen LogP contribution < -0.4 is 9.64 Å². The maximum atomic E-state index is 13.6. The number of fused-ring (bicyclic) bond motifs is 1. The second kappa shape index (κ2) is 8.42. The SMILES string of the molecule is COc1ccc(Cl)cc1C(=O)N(Cc1cccnc1)c1nc2cc(C)c(C)cc2s1. The number of aryl methyl sites for hydroxylation is 2. The molecular formula is C23H20ClN3O2S. The van der Waals surface area contributed by atoms with E-state index in [2.05, 4.69) is 31.0 Å². The van der Waals surface area contributed by atoms with E-state index in [0.29, 0.717) is 28.0 Å². The fraction of sp³-hybridized carbons (Fsp3) is 0.174. The first-order valence-electron chi connectivity index (χ1n) is 9.38. The summed E-state index contributed by atoms with van der Waals surface area (Å²) in [5.41, 5.74) is 4.53. The van der Waals surface area contributed by atoms with Crippen molar-refractivity contribution in [1.29, 1.82) is 0 Å². The molecule has 0 fully saturated rings. The van der Waals surface area contributed by atoms with Gasteiger partial charge in [0.2, 0.25) is 0 Å². The number of thiazole rings is 1. The molecular weight excluding hydrogens is 418 g/mol. The van der Waals surface area contributed by atoms with Crippen LogP contribution in [-0.2, 0) is 6.54 Å². The van der Waals surface area contributed by atoms with E-state index in [0.717, 1.165) is 15.8 Å². The molecule has 30 heavy (non-hydrogen) atoms. The van der Waals surface area contributed by atoms with E-state index in [1.807, 2.05) is 12.1 Å². The molecule has 4 aromatic rings. The van der Waals surface area contributed by atoms with Crippen molar-refractivity contribution in [3.8, 4) is 5.75 Å². The Bertz CT molecular complexity index is 1190. The summed E-state index contributed by atoms with van der Waals surface area (Å²) in [7, 11) is 1.54. The second-order valence-corrected chi connectivity index (χ2v) is 8.44. The van der Waals surface area contributed by atoms with Crippen molar-refractivity contribution in [1.82, 2.24) is 9.97 Å². The molecule has 0 atom stereocenters. The minimum absolute atomic E-state index is 0.231. The smallest absolute Gasteiger partial charge is 0.264 e. The molecule has 0 aliphatic rings. The van der Waals surface area contributed by atoms with Gasteiger partial charge in [-0.15, -0.1) is 0 Å². The number of carbonyl (C=O) groups excluding carboxylic acids is 1. The van der Waals surface area contributed by atoms with Crippen LogP contribution in [0.25, 0.3) is 10.2 Å². The fourth-order valence-electron chi connectivity index (χ4n) is 3.18. The van der Waals surface area contributed by atoms with Gasteiger partial charge in [0.25, 0.3) is 5.91 Å². The number of halogens is 1. The zero-order valence-corrected chi connectivity index (χ0v) is 18.4. The number of rotatable bonds is 5. The first-order chi connectivity index (χ1) is 14.5. The van der Waals surface area contributed by atoms with Crippen molar-refractivity contribution in [2.75, 3.05) is 12.0 Å². The van der Waals surface area contributed by atoms with Gasteiger partial charge in [0, 0.05) is 17.4 Å². The van der Waals surface area contributed by atoms with E-state index in [1.165, 1.54) is 29.6 Å². The van der Waals surface area contributed by atoms with Crippen LogP contribution in [0.4, 0.5) is 5.13 Å². The van der Waals surface area contributed by atoms with Gasteiger partial charge in [-0.1, -0.05) is 29.0 Å². The number of hydrogen-bond donors (Lipinski definition) is 0. The molecule has 0 aliphatic heterocycles. The standard InChI is InChI=1S/C23H20ClN3O2S/c1-14-9-19-21(10-15(14)2)30-23(26-19)27(13-16-5-4-8-25-12-16)22(28)18-11-17(24)6-7-20(18)29-3/h4-12H,13H2,1-3H3. The van der Waals surface area contributed by atoms with Gasteiger partial charge in [-0.2, -0.15) is 0 Å². The Labute approximate surface area is 183 Å². The molecule has 152 valence electrons. The van der Waals surface area contributed by atoms with Crippen molar-refractivity contribution >= 4 is 44.2 Å². The number of ether oxygens (including phenoxy) is 1. The topological polar surface area (TPSA) is 55.3 Å². The molecule has 1 amide bonds. The summed E-state index contributed by atoms with van der Waals surface area (Å²) in [6.45, 7) is 4.47. The van der Waals surface area contributed by atoms with Gasteiger partial charge in [-0.3, -0.25) is 14.7 Å². The third kappa shape index (κ3) is 4.01. The molecule has 2 aromatic heterocycles. The number of aromatic nitrogens is 2. The lowest BCUT2D eigenvalue weighted by Gasteiger charge is -2.21. The normalized spacial score (nSPS) is 10.9. The molecule has 0 aliphatic carbocycles. The summed E-state index contributed by atoms with van der Waals surface area (Å²) in [4.78, 5) is 24.2. The molecule has 0 saturated heterocycles. The number of amides is 1. The number of pyridine rings is 1. The summed E-state index contributed by atoms with van der Waals surface area (Å²) in [5.74, 6) is 0.235. The predicted octanol–water partition coefficient (Wildman–Crippen LogP) is 5.82. The minimum Gasteiger partial charge on any atom is -0.496 e. The Morgan fingerprint density at radius 2 is 1.97 bits per heavy atom. The number of anilines is 1. The summed E-state index contributed by atoms with van der Waals surface area (Å²) >= 11 is 7.67. The largest absolute Gasteiger partial charge is 0.496 e. The summed E-state index contributed by atoms with van der Waals surface area (Å²) < 4.78 is 6.45. The maximum absolute atomic E-state index is 13.6. The Kier molecular flexibility index (Phi) is 5.70. The number of benzene rings is 2. The third-order valence-corrected chi connectivity index (χ3v) is 6.20. The second-order valence-electron chi connectivity index (χ2n) is 7.00. The third-order valence-electron chi connectivity index (χ3n) is 4.92. The molecule has 0 N–H and O–H groups in total. The van der Waals surface area contributed by atoms with Gasteiger partial charge in [-0.05, 0) is 66.9 Å². The Morgan fingerprint density at radius 1 is 1.17 bits per heavy atom. The van der Waals surface area contributed by atoms with E-state index in [9.17, 15) is 4.79 Å². The average Bonchev–Trinajstić information content (AvgIpc) is 3.14. The summed E-state index contributed by atoms with van der Waals surface area (Å²) in [6.07, 6.45) is 3.45. The quantitative estimate of drug-likeness (QED) is 0.395. The van der Waals surface area contributed by atoms with E-state index >= 15 is 0 Å². The van der Waals surface area contributed by atoms with Gasteiger partial charge in [0.1, 0.15) is 5.75 Å². The first-order valence-corrected chi connectivity index (χ1v) is 10.6. The van der Waals surface area contributed by atoms with Crippen LogP contribution in [0.1, 0.15) is 27.0 Å². The van der Waals surface area contributed by atoms with Gasteiger partial charge in [0.15, 0.2) is 5.13 Å². The summed E-state index contributed by atoms with van der Waals surface area (Å²) in [6, 6.07) is 13.0. The van der Waals surface area contributed by atoms with Crippen LogP contribution in [0.2, 0.25) is 5.02 Å². The predicted molar refractivity (Wildman–Crippen MR) is 122 cm³/mol. The molecule has 2 aromatic carbocycles. The summed E-state index contributed by atoms with van der Waals surface area (Å²) in [5, 5.41) is 1.09. The molecule has 2 heterocycles. The molecule has 7 heteroatoms. The van der Waals surface area contributed by atoms with Gasteiger partial charge in [0.05, 0.1) is 29.4 Å². The Hall–Kier alpha value is -2.96. The van der Waals surface area contributed by atoms with Crippen LogP contribution in [0.3, 0.4) is 0 Å². The van der Waals surface area contributed by atoms with Crippen LogP contribution in [-0.4, -0.2) is 23.0 Å². The van der Waals surface area contributed by atoms with E-state index in [1.54, 1.807) is 35.5 Å². The number of hydrogen-bond acceptors (Lipinski definition) is 5.